The molecule has 17 heavy (non-hydrogen) atoms. The van der Waals surface area contributed by atoms with Crippen LogP contribution in [0.5, 0.6) is 0 Å². The fraction of sp³-hybridized carbons (Fsp3) is 0.571. The minimum atomic E-state index is -0.0860. The maximum Gasteiger partial charge on any atom is 0.125 e. The van der Waals surface area contributed by atoms with E-state index in [0.29, 0.717) is 0 Å². The van der Waals surface area contributed by atoms with Crippen molar-refractivity contribution in [2.24, 2.45) is 5.41 Å². The summed E-state index contributed by atoms with van der Waals surface area (Å²) in [4.78, 5) is 0. The summed E-state index contributed by atoms with van der Waals surface area (Å²) in [5, 5.41) is 0.763. The molecule has 0 spiro atoms. The van der Waals surface area contributed by atoms with Crippen molar-refractivity contribution in [1.29, 1.82) is 0 Å². The van der Waals surface area contributed by atoms with Crippen LogP contribution in [-0.2, 0) is 9.47 Å². The number of hydrogen-bond acceptors (Lipinski definition) is 2. The van der Waals surface area contributed by atoms with Crippen LogP contribution in [0.4, 0.5) is 0 Å². The van der Waals surface area contributed by atoms with Gasteiger partial charge < -0.3 is 9.47 Å². The summed E-state index contributed by atoms with van der Waals surface area (Å²) in [5.74, 6) is 0. The highest BCUT2D eigenvalue weighted by molar-refractivity contribution is 6.30. The minimum absolute atomic E-state index is 0.0860. The summed E-state index contributed by atoms with van der Waals surface area (Å²) in [6.07, 6.45) is 0.373. The second-order valence-corrected chi connectivity index (χ2v) is 6.39. The number of hydrogen-bond donors (Lipinski definition) is 0. The summed E-state index contributed by atoms with van der Waals surface area (Å²) in [6.45, 7) is 7.44. The number of epoxide rings is 2. The van der Waals surface area contributed by atoms with Gasteiger partial charge in [-0.3, -0.25) is 0 Å². The van der Waals surface area contributed by atoms with Crippen molar-refractivity contribution < 1.29 is 9.47 Å². The Labute approximate surface area is 107 Å². The van der Waals surface area contributed by atoms with Gasteiger partial charge in [0, 0.05) is 5.02 Å². The van der Waals surface area contributed by atoms with Gasteiger partial charge in [-0.1, -0.05) is 44.5 Å². The average molecular weight is 253 g/mol. The van der Waals surface area contributed by atoms with Crippen LogP contribution in [0, 0.1) is 5.41 Å². The third-order valence-corrected chi connectivity index (χ3v) is 4.13. The van der Waals surface area contributed by atoms with Gasteiger partial charge in [-0.25, -0.2) is 0 Å². The highest BCUT2D eigenvalue weighted by Gasteiger charge is 2.68. The quantitative estimate of drug-likeness (QED) is 0.752. The van der Waals surface area contributed by atoms with Gasteiger partial charge in [0.15, 0.2) is 0 Å². The number of benzene rings is 1. The number of ether oxygens (including phenoxy) is 2. The zero-order valence-electron chi connectivity index (χ0n) is 10.4. The van der Waals surface area contributed by atoms with Gasteiger partial charge in [0.1, 0.15) is 17.8 Å². The van der Waals surface area contributed by atoms with Crippen molar-refractivity contribution in [2.75, 3.05) is 6.61 Å². The number of rotatable bonds is 2. The van der Waals surface area contributed by atoms with Gasteiger partial charge in [0.25, 0.3) is 0 Å². The molecule has 92 valence electrons. The Morgan fingerprint density at radius 3 is 2.29 bits per heavy atom. The van der Waals surface area contributed by atoms with Crippen molar-refractivity contribution in [3.8, 4) is 0 Å². The molecule has 0 amide bonds. The lowest BCUT2D eigenvalue weighted by Crippen LogP contribution is -2.36. The normalized spacial score (nSPS) is 35.8. The topological polar surface area (TPSA) is 25.1 Å². The molecule has 0 N–H and O–H groups in total. The Balaban J connectivity index is 1.77. The lowest BCUT2D eigenvalue weighted by atomic mass is 9.77. The van der Waals surface area contributed by atoms with E-state index in [9.17, 15) is 0 Å². The summed E-state index contributed by atoms with van der Waals surface area (Å²) in [6, 6.07) is 7.89. The first kappa shape index (κ1) is 11.5. The van der Waals surface area contributed by atoms with Crippen LogP contribution in [0.3, 0.4) is 0 Å². The van der Waals surface area contributed by atoms with Crippen molar-refractivity contribution >= 4 is 11.6 Å². The van der Waals surface area contributed by atoms with E-state index in [1.165, 1.54) is 5.56 Å². The second-order valence-electron chi connectivity index (χ2n) is 5.96. The van der Waals surface area contributed by atoms with Gasteiger partial charge in [-0.2, -0.15) is 0 Å². The van der Waals surface area contributed by atoms with Crippen LogP contribution in [0.25, 0.3) is 0 Å². The number of halogens is 1. The van der Waals surface area contributed by atoms with Crippen molar-refractivity contribution in [1.82, 2.24) is 0 Å². The van der Waals surface area contributed by atoms with Crippen LogP contribution in [0.15, 0.2) is 24.3 Å². The van der Waals surface area contributed by atoms with E-state index < -0.39 is 0 Å². The fourth-order valence-electron chi connectivity index (χ4n) is 2.47. The Morgan fingerprint density at radius 1 is 1.24 bits per heavy atom. The predicted octanol–water partition coefficient (Wildman–Crippen LogP) is 3.60. The van der Waals surface area contributed by atoms with Gasteiger partial charge >= 0.3 is 0 Å². The van der Waals surface area contributed by atoms with E-state index in [1.807, 2.05) is 24.3 Å². The van der Waals surface area contributed by atoms with Gasteiger partial charge in [0.2, 0.25) is 0 Å². The van der Waals surface area contributed by atoms with Crippen LogP contribution >= 0.6 is 11.6 Å². The van der Waals surface area contributed by atoms with Crippen LogP contribution < -0.4 is 0 Å². The van der Waals surface area contributed by atoms with Gasteiger partial charge in [-0.15, -0.1) is 0 Å². The average Bonchev–Trinajstić information content (AvgIpc) is 3.11. The molecule has 3 rings (SSSR count). The standard InChI is InChI=1S/C14H17ClO2/c1-13(2,3)14(8-16-14)12-11(17-12)9-4-6-10(15)7-5-9/h4-7,11-12H,8H2,1-3H3/t11-,12-,14-/m1/s1. The second kappa shape index (κ2) is 3.47. The monoisotopic (exact) mass is 252 g/mol. The third kappa shape index (κ3) is 1.79. The molecule has 3 atom stereocenters. The molecule has 1 aromatic rings. The molecule has 0 bridgehead atoms. The van der Waals surface area contributed by atoms with Crippen molar-refractivity contribution in [3.63, 3.8) is 0 Å². The summed E-state index contributed by atoms with van der Waals surface area (Å²) < 4.78 is 11.5. The highest BCUT2D eigenvalue weighted by Crippen LogP contribution is 2.58. The van der Waals surface area contributed by atoms with Gasteiger partial charge in [0.05, 0.1) is 6.61 Å². The summed E-state index contributed by atoms with van der Waals surface area (Å²) >= 11 is 5.88. The Kier molecular flexibility index (Phi) is 2.35. The molecule has 2 aliphatic rings. The Hall–Kier alpha value is -0.570. The molecule has 2 saturated heterocycles. The SMILES string of the molecule is CC(C)(C)[C@]1([C@@H]2O[C@@H]2c2ccc(Cl)cc2)CO1. The molecule has 0 aliphatic carbocycles. The molecule has 0 unspecified atom stereocenters. The lowest BCUT2D eigenvalue weighted by molar-refractivity contribution is 0.119. The van der Waals surface area contributed by atoms with Gasteiger partial charge in [-0.05, 0) is 23.1 Å². The van der Waals surface area contributed by atoms with Crippen molar-refractivity contribution in [3.05, 3.63) is 34.9 Å². The molecule has 1 aromatic carbocycles. The third-order valence-electron chi connectivity index (χ3n) is 3.87. The van der Waals surface area contributed by atoms with E-state index in [4.69, 9.17) is 21.1 Å². The van der Waals surface area contributed by atoms with E-state index in [1.54, 1.807) is 0 Å². The highest BCUT2D eigenvalue weighted by atomic mass is 35.5. The first-order valence-electron chi connectivity index (χ1n) is 5.99. The Bertz CT molecular complexity index is 429. The van der Waals surface area contributed by atoms with E-state index in [0.717, 1.165) is 11.6 Å². The first-order chi connectivity index (χ1) is 7.94. The Morgan fingerprint density at radius 2 is 1.82 bits per heavy atom. The molecule has 2 heterocycles. The predicted molar refractivity (Wildman–Crippen MR) is 67.2 cm³/mol. The molecule has 2 fully saturated rings. The zero-order valence-corrected chi connectivity index (χ0v) is 11.1. The van der Waals surface area contributed by atoms with Crippen LogP contribution in [-0.4, -0.2) is 18.3 Å². The summed E-state index contributed by atoms with van der Waals surface area (Å²) in [5.41, 5.74) is 1.23. The smallest absolute Gasteiger partial charge is 0.125 e. The summed E-state index contributed by atoms with van der Waals surface area (Å²) in [7, 11) is 0. The van der Waals surface area contributed by atoms with E-state index in [-0.39, 0.29) is 23.2 Å². The maximum atomic E-state index is 5.88. The largest absolute Gasteiger partial charge is 0.366 e. The first-order valence-corrected chi connectivity index (χ1v) is 6.37. The van der Waals surface area contributed by atoms with Crippen LogP contribution in [0.2, 0.25) is 5.02 Å². The molecular weight excluding hydrogens is 236 g/mol. The molecule has 2 nitrogen and oxygen atoms in total. The zero-order chi connectivity index (χ0) is 12.3. The molecule has 0 aromatic heterocycles. The van der Waals surface area contributed by atoms with E-state index in [2.05, 4.69) is 20.8 Å². The van der Waals surface area contributed by atoms with E-state index >= 15 is 0 Å². The molecule has 3 heteroatoms. The lowest BCUT2D eigenvalue weighted by Gasteiger charge is -2.25. The molecule has 2 aliphatic heterocycles. The van der Waals surface area contributed by atoms with Crippen LogP contribution in [0.1, 0.15) is 32.4 Å². The molecule has 0 radical (unpaired) electrons. The molecule has 0 saturated carbocycles. The fourth-order valence-corrected chi connectivity index (χ4v) is 2.60. The minimum Gasteiger partial charge on any atom is -0.366 e. The van der Waals surface area contributed by atoms with Crippen molar-refractivity contribution in [2.45, 2.75) is 38.6 Å². The maximum absolute atomic E-state index is 5.88. The molecular formula is C14H17ClO2.